The topological polar surface area (TPSA) is 41.1 Å². The van der Waals surface area contributed by atoms with E-state index in [0.717, 1.165) is 12.2 Å². The van der Waals surface area contributed by atoms with E-state index < -0.39 is 0 Å². The Kier molecular flexibility index (Phi) is 4.42. The van der Waals surface area contributed by atoms with Crippen molar-refractivity contribution >= 4 is 11.6 Å². The Morgan fingerprint density at radius 1 is 1.18 bits per heavy atom. The number of carbonyl (C=O) groups is 1. The van der Waals surface area contributed by atoms with Gasteiger partial charge in [-0.25, -0.2) is 0 Å². The summed E-state index contributed by atoms with van der Waals surface area (Å²) in [6, 6.07) is 9.80. The van der Waals surface area contributed by atoms with Gasteiger partial charge in [-0.1, -0.05) is 31.0 Å². The smallest absolute Gasteiger partial charge is 0.239 e. The lowest BCUT2D eigenvalue weighted by Gasteiger charge is -2.11. The Balaban J connectivity index is 1.64. The van der Waals surface area contributed by atoms with Crippen LogP contribution >= 0.6 is 0 Å². The maximum atomic E-state index is 11.6. The van der Waals surface area contributed by atoms with Crippen molar-refractivity contribution in [2.24, 2.45) is 5.92 Å². The van der Waals surface area contributed by atoms with E-state index in [4.69, 9.17) is 0 Å². The van der Waals surface area contributed by atoms with Crippen LogP contribution < -0.4 is 10.6 Å². The van der Waals surface area contributed by atoms with E-state index in [1.807, 2.05) is 30.3 Å². The van der Waals surface area contributed by atoms with Crippen LogP contribution in [0.1, 0.15) is 25.7 Å². The molecule has 2 N–H and O–H groups in total. The fourth-order valence-electron chi connectivity index (χ4n) is 2.27. The molecule has 1 saturated carbocycles. The molecule has 0 spiro atoms. The molecule has 1 aliphatic carbocycles. The van der Waals surface area contributed by atoms with Crippen LogP contribution in [0.25, 0.3) is 0 Å². The minimum atomic E-state index is 0.0840. The van der Waals surface area contributed by atoms with Gasteiger partial charge in [0.25, 0.3) is 0 Å². The van der Waals surface area contributed by atoms with Crippen molar-refractivity contribution in [2.75, 3.05) is 18.4 Å². The first kappa shape index (κ1) is 12.0. The van der Waals surface area contributed by atoms with Crippen molar-refractivity contribution in [3.05, 3.63) is 30.3 Å². The summed E-state index contributed by atoms with van der Waals surface area (Å²) in [6.45, 7) is 1.20. The monoisotopic (exact) mass is 232 g/mol. The quantitative estimate of drug-likeness (QED) is 0.818. The van der Waals surface area contributed by atoms with Crippen LogP contribution in [0.5, 0.6) is 0 Å². The van der Waals surface area contributed by atoms with Crippen LogP contribution in [0.2, 0.25) is 0 Å². The third-order valence-corrected chi connectivity index (χ3v) is 3.29. The number of amides is 1. The van der Waals surface area contributed by atoms with Gasteiger partial charge in [-0.15, -0.1) is 0 Å². The van der Waals surface area contributed by atoms with Gasteiger partial charge < -0.3 is 10.6 Å². The van der Waals surface area contributed by atoms with Gasteiger partial charge >= 0.3 is 0 Å². The number of anilines is 1. The average molecular weight is 232 g/mol. The van der Waals surface area contributed by atoms with Crippen molar-refractivity contribution in [1.82, 2.24) is 5.32 Å². The molecule has 0 aliphatic heterocycles. The lowest BCUT2D eigenvalue weighted by molar-refractivity contribution is -0.119. The SMILES string of the molecule is O=C(CNc1ccccc1)NCC1CCCC1. The Labute approximate surface area is 103 Å². The number of benzene rings is 1. The second-order valence-corrected chi connectivity index (χ2v) is 4.67. The molecule has 0 unspecified atom stereocenters. The molecule has 1 aromatic carbocycles. The van der Waals surface area contributed by atoms with Crippen molar-refractivity contribution < 1.29 is 4.79 Å². The second-order valence-electron chi connectivity index (χ2n) is 4.67. The Bertz CT molecular complexity index is 344. The van der Waals surface area contributed by atoms with Gasteiger partial charge in [-0.05, 0) is 30.9 Å². The van der Waals surface area contributed by atoms with Crippen molar-refractivity contribution in [2.45, 2.75) is 25.7 Å². The molecule has 0 aromatic heterocycles. The molecule has 0 radical (unpaired) electrons. The molecule has 92 valence electrons. The van der Waals surface area contributed by atoms with Crippen molar-refractivity contribution in [3.8, 4) is 0 Å². The third kappa shape index (κ3) is 4.10. The fourth-order valence-corrected chi connectivity index (χ4v) is 2.27. The summed E-state index contributed by atoms with van der Waals surface area (Å²) in [5.41, 5.74) is 0.989. The molecule has 2 rings (SSSR count). The minimum absolute atomic E-state index is 0.0840. The van der Waals surface area contributed by atoms with Crippen LogP contribution in [0.3, 0.4) is 0 Å². The van der Waals surface area contributed by atoms with Crippen molar-refractivity contribution in [3.63, 3.8) is 0 Å². The predicted molar refractivity (Wildman–Crippen MR) is 69.9 cm³/mol. The summed E-state index contributed by atoms with van der Waals surface area (Å²) >= 11 is 0. The van der Waals surface area contributed by atoms with Gasteiger partial charge in [0, 0.05) is 12.2 Å². The van der Waals surface area contributed by atoms with Gasteiger partial charge in [-0.2, -0.15) is 0 Å². The number of para-hydroxylation sites is 1. The molecule has 3 nitrogen and oxygen atoms in total. The maximum absolute atomic E-state index is 11.6. The van der Waals surface area contributed by atoms with Gasteiger partial charge in [0.2, 0.25) is 5.91 Å². The largest absolute Gasteiger partial charge is 0.376 e. The van der Waals surface area contributed by atoms with E-state index in [0.29, 0.717) is 12.5 Å². The molecule has 1 amide bonds. The van der Waals surface area contributed by atoms with Gasteiger partial charge in [0.05, 0.1) is 6.54 Å². The normalized spacial score (nSPS) is 15.8. The molecule has 3 heteroatoms. The Hall–Kier alpha value is -1.51. The van der Waals surface area contributed by atoms with E-state index in [1.54, 1.807) is 0 Å². The summed E-state index contributed by atoms with van der Waals surface area (Å²) in [5.74, 6) is 0.788. The van der Waals surface area contributed by atoms with Crippen LogP contribution in [-0.2, 0) is 4.79 Å². The number of carbonyl (C=O) groups excluding carboxylic acids is 1. The lowest BCUT2D eigenvalue weighted by Crippen LogP contribution is -2.33. The first-order chi connectivity index (χ1) is 8.34. The molecule has 0 bridgehead atoms. The predicted octanol–water partition coefficient (Wildman–Crippen LogP) is 2.40. The third-order valence-electron chi connectivity index (χ3n) is 3.29. The van der Waals surface area contributed by atoms with Crippen molar-refractivity contribution in [1.29, 1.82) is 0 Å². The highest BCUT2D eigenvalue weighted by atomic mass is 16.1. The number of nitrogens with one attached hydrogen (secondary N) is 2. The van der Waals surface area contributed by atoms with Crippen LogP contribution in [-0.4, -0.2) is 19.0 Å². The maximum Gasteiger partial charge on any atom is 0.239 e. The molecule has 1 fully saturated rings. The molecule has 1 aliphatic rings. The molecular weight excluding hydrogens is 212 g/mol. The van der Waals surface area contributed by atoms with Crippen LogP contribution in [0, 0.1) is 5.92 Å². The van der Waals surface area contributed by atoms with E-state index in [2.05, 4.69) is 10.6 Å². The molecule has 0 saturated heterocycles. The highest BCUT2D eigenvalue weighted by molar-refractivity contribution is 5.80. The summed E-state index contributed by atoms with van der Waals surface area (Å²) in [6.07, 6.45) is 5.18. The van der Waals surface area contributed by atoms with E-state index in [1.165, 1.54) is 25.7 Å². The lowest BCUT2D eigenvalue weighted by atomic mass is 10.1. The van der Waals surface area contributed by atoms with E-state index in [9.17, 15) is 4.79 Å². The Morgan fingerprint density at radius 2 is 1.88 bits per heavy atom. The zero-order chi connectivity index (χ0) is 11.9. The zero-order valence-corrected chi connectivity index (χ0v) is 10.1. The number of hydrogen-bond donors (Lipinski definition) is 2. The highest BCUT2D eigenvalue weighted by Gasteiger charge is 2.15. The summed E-state index contributed by atoms with van der Waals surface area (Å²) in [4.78, 5) is 11.6. The number of hydrogen-bond acceptors (Lipinski definition) is 2. The first-order valence-electron chi connectivity index (χ1n) is 6.40. The van der Waals surface area contributed by atoms with E-state index >= 15 is 0 Å². The van der Waals surface area contributed by atoms with Gasteiger partial charge in [-0.3, -0.25) is 4.79 Å². The summed E-state index contributed by atoms with van der Waals surface area (Å²) in [7, 11) is 0. The summed E-state index contributed by atoms with van der Waals surface area (Å²) < 4.78 is 0. The first-order valence-corrected chi connectivity index (χ1v) is 6.40. The molecule has 1 aromatic rings. The molecule has 17 heavy (non-hydrogen) atoms. The standard InChI is InChI=1S/C14H20N2O/c17-14(16-10-12-6-4-5-7-12)11-15-13-8-2-1-3-9-13/h1-3,8-9,12,15H,4-7,10-11H2,(H,16,17). The number of rotatable bonds is 5. The highest BCUT2D eigenvalue weighted by Crippen LogP contribution is 2.23. The fraction of sp³-hybridized carbons (Fsp3) is 0.500. The average Bonchev–Trinajstić information content (AvgIpc) is 2.88. The van der Waals surface area contributed by atoms with Gasteiger partial charge in [0.15, 0.2) is 0 Å². The van der Waals surface area contributed by atoms with Crippen LogP contribution in [0.4, 0.5) is 5.69 Å². The zero-order valence-electron chi connectivity index (χ0n) is 10.1. The van der Waals surface area contributed by atoms with Gasteiger partial charge in [0.1, 0.15) is 0 Å². The van der Waals surface area contributed by atoms with Crippen LogP contribution in [0.15, 0.2) is 30.3 Å². The summed E-state index contributed by atoms with van der Waals surface area (Å²) in [5, 5.41) is 6.10. The molecule has 0 atom stereocenters. The Morgan fingerprint density at radius 3 is 2.59 bits per heavy atom. The van der Waals surface area contributed by atoms with E-state index in [-0.39, 0.29) is 5.91 Å². The minimum Gasteiger partial charge on any atom is -0.376 e. The molecule has 0 heterocycles. The molecular formula is C14H20N2O. The second kappa shape index (κ2) is 6.28.